The van der Waals surface area contributed by atoms with E-state index in [0.717, 1.165) is 6.54 Å². The Morgan fingerprint density at radius 3 is 2.88 bits per heavy atom. The van der Waals surface area contributed by atoms with Crippen molar-refractivity contribution in [2.45, 2.75) is 57.4 Å². The fourth-order valence-electron chi connectivity index (χ4n) is 2.74. The van der Waals surface area contributed by atoms with Crippen LogP contribution in [0.4, 0.5) is 0 Å². The number of aromatic nitrogens is 2. The average Bonchev–Trinajstić information content (AvgIpc) is 2.62. The lowest BCUT2D eigenvalue weighted by molar-refractivity contribution is 0.404. The zero-order valence-electron chi connectivity index (χ0n) is 10.7. The molecule has 3 nitrogen and oxygen atoms in total. The van der Waals surface area contributed by atoms with Gasteiger partial charge in [0, 0.05) is 30.6 Å². The van der Waals surface area contributed by atoms with Crippen LogP contribution in [0.3, 0.4) is 0 Å². The van der Waals surface area contributed by atoms with E-state index in [1.54, 1.807) is 6.20 Å². The summed E-state index contributed by atoms with van der Waals surface area (Å²) in [7, 11) is 0. The maximum Gasteiger partial charge on any atom is 0.0633 e. The highest BCUT2D eigenvalue weighted by atomic mass is 14.9. The first-order valence-corrected chi connectivity index (χ1v) is 6.91. The first-order valence-electron chi connectivity index (χ1n) is 6.91. The topological polar surface area (TPSA) is 37.8 Å². The van der Waals surface area contributed by atoms with Crippen LogP contribution >= 0.6 is 0 Å². The number of rotatable bonds is 4. The van der Waals surface area contributed by atoms with Crippen molar-refractivity contribution in [3.8, 4) is 0 Å². The monoisotopic (exact) mass is 233 g/mol. The molecule has 0 bridgehead atoms. The Morgan fingerprint density at radius 2 is 2.12 bits per heavy atom. The van der Waals surface area contributed by atoms with Gasteiger partial charge in [-0.25, -0.2) is 0 Å². The third-order valence-corrected chi connectivity index (χ3v) is 3.64. The predicted molar refractivity (Wildman–Crippen MR) is 69.9 cm³/mol. The van der Waals surface area contributed by atoms with E-state index in [0.29, 0.717) is 12.0 Å². The van der Waals surface area contributed by atoms with Crippen LogP contribution in [0, 0.1) is 0 Å². The molecule has 1 aliphatic carbocycles. The highest BCUT2D eigenvalue weighted by molar-refractivity contribution is 5.08. The van der Waals surface area contributed by atoms with E-state index in [1.165, 1.54) is 44.2 Å². The van der Waals surface area contributed by atoms with Gasteiger partial charge in [-0.1, -0.05) is 26.2 Å². The van der Waals surface area contributed by atoms with Crippen LogP contribution < -0.4 is 5.32 Å². The molecular formula is C14H23N3. The van der Waals surface area contributed by atoms with Crippen molar-refractivity contribution >= 4 is 0 Å². The Morgan fingerprint density at radius 1 is 1.24 bits per heavy atom. The minimum absolute atomic E-state index is 0.553. The van der Waals surface area contributed by atoms with Crippen LogP contribution in [0.5, 0.6) is 0 Å². The largest absolute Gasteiger partial charge is 0.313 e. The van der Waals surface area contributed by atoms with E-state index in [4.69, 9.17) is 0 Å². The van der Waals surface area contributed by atoms with Gasteiger partial charge in [-0.3, -0.25) is 9.97 Å². The second-order valence-electron chi connectivity index (χ2n) is 4.94. The zero-order valence-corrected chi connectivity index (χ0v) is 10.7. The van der Waals surface area contributed by atoms with Gasteiger partial charge in [-0.2, -0.15) is 0 Å². The molecule has 3 heteroatoms. The highest BCUT2D eigenvalue weighted by Crippen LogP contribution is 2.30. The molecule has 2 atom stereocenters. The van der Waals surface area contributed by atoms with E-state index in [1.807, 2.05) is 12.4 Å². The quantitative estimate of drug-likeness (QED) is 0.813. The van der Waals surface area contributed by atoms with Gasteiger partial charge in [0.25, 0.3) is 0 Å². The molecule has 1 heterocycles. The lowest BCUT2D eigenvalue weighted by Gasteiger charge is -2.25. The fraction of sp³-hybridized carbons (Fsp3) is 0.714. The average molecular weight is 233 g/mol. The van der Waals surface area contributed by atoms with Crippen molar-refractivity contribution < 1.29 is 0 Å². The minimum Gasteiger partial charge on any atom is -0.313 e. The molecule has 1 aliphatic rings. The molecular weight excluding hydrogens is 210 g/mol. The van der Waals surface area contributed by atoms with Crippen LogP contribution in [-0.4, -0.2) is 22.6 Å². The molecule has 0 amide bonds. The van der Waals surface area contributed by atoms with Crippen LogP contribution in [-0.2, 0) is 0 Å². The Kier molecular flexibility index (Phi) is 4.92. The van der Waals surface area contributed by atoms with Gasteiger partial charge in [0.1, 0.15) is 0 Å². The van der Waals surface area contributed by atoms with Gasteiger partial charge in [0.2, 0.25) is 0 Å². The summed E-state index contributed by atoms with van der Waals surface area (Å²) in [5.74, 6) is 0.553. The Labute approximate surface area is 104 Å². The second kappa shape index (κ2) is 6.70. The SMILES string of the molecule is CCCNC1CCCCCC1c1cnccn1. The van der Waals surface area contributed by atoms with E-state index in [9.17, 15) is 0 Å². The summed E-state index contributed by atoms with van der Waals surface area (Å²) in [6, 6.07) is 0.592. The second-order valence-corrected chi connectivity index (χ2v) is 4.94. The normalized spacial score (nSPS) is 25.5. The number of hydrogen-bond donors (Lipinski definition) is 1. The van der Waals surface area contributed by atoms with Crippen LogP contribution in [0.15, 0.2) is 18.6 Å². The molecule has 0 saturated heterocycles. The van der Waals surface area contributed by atoms with E-state index in [2.05, 4.69) is 22.2 Å². The maximum absolute atomic E-state index is 4.50. The van der Waals surface area contributed by atoms with Crippen LogP contribution in [0.25, 0.3) is 0 Å². The smallest absolute Gasteiger partial charge is 0.0633 e. The number of hydrogen-bond acceptors (Lipinski definition) is 3. The first kappa shape index (κ1) is 12.5. The zero-order chi connectivity index (χ0) is 11.9. The van der Waals surface area contributed by atoms with Gasteiger partial charge in [-0.15, -0.1) is 0 Å². The molecule has 0 aromatic carbocycles. The van der Waals surface area contributed by atoms with E-state index in [-0.39, 0.29) is 0 Å². The Bertz CT molecular complexity index is 313. The van der Waals surface area contributed by atoms with Gasteiger partial charge in [-0.05, 0) is 25.8 Å². The van der Waals surface area contributed by atoms with Crippen molar-refractivity contribution in [2.75, 3.05) is 6.54 Å². The molecule has 1 saturated carbocycles. The van der Waals surface area contributed by atoms with Gasteiger partial charge in [0.05, 0.1) is 5.69 Å². The molecule has 2 rings (SSSR count). The molecule has 1 aromatic rings. The summed E-state index contributed by atoms with van der Waals surface area (Å²) in [5.41, 5.74) is 1.17. The molecule has 1 aromatic heterocycles. The molecule has 0 radical (unpaired) electrons. The van der Waals surface area contributed by atoms with Crippen molar-refractivity contribution in [1.82, 2.24) is 15.3 Å². The van der Waals surface area contributed by atoms with Crippen molar-refractivity contribution in [1.29, 1.82) is 0 Å². The highest BCUT2D eigenvalue weighted by Gasteiger charge is 2.25. The maximum atomic E-state index is 4.50. The Hall–Kier alpha value is -0.960. The van der Waals surface area contributed by atoms with E-state index >= 15 is 0 Å². The van der Waals surface area contributed by atoms with Crippen molar-refractivity contribution in [2.24, 2.45) is 0 Å². The molecule has 17 heavy (non-hydrogen) atoms. The summed E-state index contributed by atoms with van der Waals surface area (Å²) in [5, 5.41) is 3.69. The molecule has 0 spiro atoms. The van der Waals surface area contributed by atoms with Crippen molar-refractivity contribution in [3.63, 3.8) is 0 Å². The molecule has 94 valence electrons. The van der Waals surface area contributed by atoms with E-state index < -0.39 is 0 Å². The number of nitrogens with zero attached hydrogens (tertiary/aromatic N) is 2. The number of nitrogens with one attached hydrogen (secondary N) is 1. The third-order valence-electron chi connectivity index (χ3n) is 3.64. The van der Waals surface area contributed by atoms with Gasteiger partial charge in [0.15, 0.2) is 0 Å². The Balaban J connectivity index is 2.08. The predicted octanol–water partition coefficient (Wildman–Crippen LogP) is 2.89. The minimum atomic E-state index is 0.553. The van der Waals surface area contributed by atoms with Gasteiger partial charge >= 0.3 is 0 Å². The molecule has 2 unspecified atom stereocenters. The summed E-state index contributed by atoms with van der Waals surface area (Å²) >= 11 is 0. The fourth-order valence-corrected chi connectivity index (χ4v) is 2.74. The van der Waals surface area contributed by atoms with Crippen LogP contribution in [0.2, 0.25) is 0 Å². The summed E-state index contributed by atoms with van der Waals surface area (Å²) < 4.78 is 0. The molecule has 0 aliphatic heterocycles. The van der Waals surface area contributed by atoms with Gasteiger partial charge < -0.3 is 5.32 Å². The third kappa shape index (κ3) is 3.50. The molecule has 1 fully saturated rings. The van der Waals surface area contributed by atoms with Crippen molar-refractivity contribution in [3.05, 3.63) is 24.3 Å². The lowest BCUT2D eigenvalue weighted by atomic mass is 9.91. The summed E-state index contributed by atoms with van der Waals surface area (Å²) in [4.78, 5) is 8.71. The first-order chi connectivity index (χ1) is 8.42. The van der Waals surface area contributed by atoms with Crippen LogP contribution in [0.1, 0.15) is 57.1 Å². The standard InChI is InChI=1S/C14H23N3/c1-2-8-16-13-7-5-3-4-6-12(13)14-11-15-9-10-17-14/h9-13,16H,2-8H2,1H3. The lowest BCUT2D eigenvalue weighted by Crippen LogP contribution is -2.35. The summed E-state index contributed by atoms with van der Waals surface area (Å²) in [6.07, 6.45) is 13.3. The molecule has 1 N–H and O–H groups in total. The summed E-state index contributed by atoms with van der Waals surface area (Å²) in [6.45, 7) is 3.34.